The molecule has 2 nitrogen and oxygen atoms in total. The third kappa shape index (κ3) is 1.79. The molecule has 1 aromatic rings. The molecule has 3 heteroatoms. The van der Waals surface area contributed by atoms with Crippen molar-refractivity contribution < 1.29 is 0 Å². The highest BCUT2D eigenvalue weighted by atomic mass is 32.2. The Morgan fingerprint density at radius 2 is 1.89 bits per heavy atom. The molecule has 0 bridgehead atoms. The molecule has 0 saturated carbocycles. The Labute approximate surface area is 112 Å². The molecule has 1 atom stereocenters. The summed E-state index contributed by atoms with van der Waals surface area (Å²) in [5, 5.41) is 0.420. The van der Waals surface area contributed by atoms with Crippen molar-refractivity contribution in [1.29, 1.82) is 0 Å². The van der Waals surface area contributed by atoms with Crippen molar-refractivity contribution in [3.8, 4) is 0 Å². The summed E-state index contributed by atoms with van der Waals surface area (Å²) in [6.45, 7) is 6.45. The Hall–Kier alpha value is -1.48. The molecule has 2 aliphatic heterocycles. The number of benzene rings is 1. The lowest BCUT2D eigenvalue weighted by Gasteiger charge is -2.27. The summed E-state index contributed by atoms with van der Waals surface area (Å²) in [6.07, 6.45) is 2.15. The Bertz CT molecular complexity index is 569. The monoisotopic (exact) mass is 256 g/mol. The molecule has 0 N–H and O–H groups in total. The van der Waals surface area contributed by atoms with Crippen LogP contribution < -0.4 is 0 Å². The highest BCUT2D eigenvalue weighted by Crippen LogP contribution is 2.47. The van der Waals surface area contributed by atoms with Gasteiger partial charge in [0.15, 0.2) is 0 Å². The van der Waals surface area contributed by atoms with Crippen LogP contribution in [-0.2, 0) is 0 Å². The first-order chi connectivity index (χ1) is 8.66. The van der Waals surface area contributed by atoms with Crippen LogP contribution in [0.2, 0.25) is 0 Å². The molecular weight excluding hydrogens is 240 g/mol. The Balaban J connectivity index is 2.13. The Morgan fingerprint density at radius 1 is 1.17 bits per heavy atom. The van der Waals surface area contributed by atoms with Gasteiger partial charge in [0.05, 0.1) is 10.3 Å². The molecule has 0 spiro atoms. The smallest absolute Gasteiger partial charge is 0.148 e. The second-order valence-corrected chi connectivity index (χ2v) is 5.97. The predicted octanol–water partition coefficient (Wildman–Crippen LogP) is 4.09. The Morgan fingerprint density at radius 3 is 2.61 bits per heavy atom. The zero-order valence-electron chi connectivity index (χ0n) is 10.8. The van der Waals surface area contributed by atoms with Crippen LogP contribution in [0.4, 0.5) is 0 Å². The van der Waals surface area contributed by atoms with E-state index in [1.54, 1.807) is 0 Å². The van der Waals surface area contributed by atoms with E-state index in [1.807, 2.05) is 11.8 Å². The summed E-state index contributed by atoms with van der Waals surface area (Å²) < 4.78 is 0. The van der Waals surface area contributed by atoms with E-state index in [4.69, 9.17) is 4.99 Å². The van der Waals surface area contributed by atoms with Crippen molar-refractivity contribution >= 4 is 22.4 Å². The molecule has 0 radical (unpaired) electrons. The first-order valence-electron chi connectivity index (χ1n) is 6.16. The molecular formula is C15H16N2S. The third-order valence-corrected chi connectivity index (χ3v) is 4.41. The Kier molecular flexibility index (Phi) is 2.78. The van der Waals surface area contributed by atoms with E-state index >= 15 is 0 Å². The number of hydrogen-bond donors (Lipinski definition) is 0. The van der Waals surface area contributed by atoms with E-state index in [1.165, 1.54) is 16.2 Å². The van der Waals surface area contributed by atoms with E-state index in [-0.39, 0.29) is 0 Å². The lowest BCUT2D eigenvalue weighted by molar-refractivity contribution is 0.425. The minimum absolute atomic E-state index is 0.420. The van der Waals surface area contributed by atoms with E-state index in [9.17, 15) is 0 Å². The first kappa shape index (κ1) is 11.6. The van der Waals surface area contributed by atoms with Gasteiger partial charge in [-0.2, -0.15) is 0 Å². The molecule has 2 heterocycles. The number of fused-ring (bicyclic) bond motifs is 1. The van der Waals surface area contributed by atoms with Crippen molar-refractivity contribution in [3.05, 3.63) is 53.5 Å². The third-order valence-electron chi connectivity index (χ3n) is 3.20. The molecule has 0 aliphatic carbocycles. The summed E-state index contributed by atoms with van der Waals surface area (Å²) >= 11 is 1.89. The highest BCUT2D eigenvalue weighted by Gasteiger charge is 2.33. The molecule has 1 aromatic carbocycles. The maximum Gasteiger partial charge on any atom is 0.148 e. The van der Waals surface area contributed by atoms with Crippen molar-refractivity contribution in [1.82, 2.24) is 4.90 Å². The predicted molar refractivity (Wildman–Crippen MR) is 79.1 cm³/mol. The number of aliphatic imine (C=N–C) groups is 1. The van der Waals surface area contributed by atoms with Crippen LogP contribution >= 0.6 is 11.8 Å². The molecule has 18 heavy (non-hydrogen) atoms. The summed E-state index contributed by atoms with van der Waals surface area (Å²) in [4.78, 5) is 8.33. The molecule has 2 aliphatic rings. The highest BCUT2D eigenvalue weighted by molar-refractivity contribution is 8.09. The molecule has 0 aromatic heterocycles. The van der Waals surface area contributed by atoms with Crippen LogP contribution in [-0.4, -0.2) is 16.0 Å². The van der Waals surface area contributed by atoms with E-state index in [0.29, 0.717) is 5.37 Å². The SMILES string of the molecule is CC1=CC(C)=NC2=C(c3ccccc3)SC(C)N12. The van der Waals surface area contributed by atoms with Crippen LogP contribution in [0.5, 0.6) is 0 Å². The summed E-state index contributed by atoms with van der Waals surface area (Å²) in [7, 11) is 0. The van der Waals surface area contributed by atoms with Gasteiger partial charge in [0.2, 0.25) is 0 Å². The van der Waals surface area contributed by atoms with Gasteiger partial charge in [0.1, 0.15) is 5.82 Å². The summed E-state index contributed by atoms with van der Waals surface area (Å²) in [5.41, 5.74) is 3.63. The molecule has 3 rings (SSSR count). The lowest BCUT2D eigenvalue weighted by atomic mass is 10.2. The topological polar surface area (TPSA) is 15.6 Å². The van der Waals surface area contributed by atoms with Gasteiger partial charge in [0, 0.05) is 11.4 Å². The van der Waals surface area contributed by atoms with E-state index < -0.39 is 0 Å². The fourth-order valence-electron chi connectivity index (χ4n) is 2.47. The average Bonchev–Trinajstić information content (AvgIpc) is 2.67. The van der Waals surface area contributed by atoms with Gasteiger partial charge in [-0.25, -0.2) is 4.99 Å². The zero-order chi connectivity index (χ0) is 12.7. The maximum absolute atomic E-state index is 4.73. The van der Waals surface area contributed by atoms with Gasteiger partial charge in [-0.1, -0.05) is 42.1 Å². The van der Waals surface area contributed by atoms with E-state index in [2.05, 4.69) is 62.1 Å². The fourth-order valence-corrected chi connectivity index (χ4v) is 3.71. The van der Waals surface area contributed by atoms with Crippen LogP contribution in [0.15, 0.2) is 52.9 Å². The number of hydrogen-bond acceptors (Lipinski definition) is 3. The van der Waals surface area contributed by atoms with Crippen molar-refractivity contribution in [2.24, 2.45) is 4.99 Å². The lowest BCUT2D eigenvalue weighted by Crippen LogP contribution is -2.26. The van der Waals surface area contributed by atoms with Crippen LogP contribution in [0.1, 0.15) is 26.3 Å². The summed E-state index contributed by atoms with van der Waals surface area (Å²) in [6, 6.07) is 10.5. The van der Waals surface area contributed by atoms with Crippen molar-refractivity contribution in [2.45, 2.75) is 26.1 Å². The quantitative estimate of drug-likeness (QED) is 0.752. The second kappa shape index (κ2) is 4.32. The van der Waals surface area contributed by atoms with Crippen LogP contribution in [0, 0.1) is 0 Å². The largest absolute Gasteiger partial charge is 0.317 e. The molecule has 92 valence electrons. The number of thioether (sulfide) groups is 1. The van der Waals surface area contributed by atoms with E-state index in [0.717, 1.165) is 11.5 Å². The minimum Gasteiger partial charge on any atom is -0.317 e. The van der Waals surface area contributed by atoms with Gasteiger partial charge in [0.25, 0.3) is 0 Å². The number of allylic oxidation sites excluding steroid dienone is 2. The maximum atomic E-state index is 4.73. The number of nitrogens with zero attached hydrogens (tertiary/aromatic N) is 2. The zero-order valence-corrected chi connectivity index (χ0v) is 11.7. The van der Waals surface area contributed by atoms with Gasteiger partial charge >= 0.3 is 0 Å². The van der Waals surface area contributed by atoms with Crippen LogP contribution in [0.25, 0.3) is 4.91 Å². The van der Waals surface area contributed by atoms with Crippen molar-refractivity contribution in [2.75, 3.05) is 0 Å². The number of rotatable bonds is 1. The standard InChI is InChI=1S/C15H16N2S/c1-10-9-11(2)17-12(3)18-14(15(17)16-10)13-7-5-4-6-8-13/h4-9,12H,1-3H3. The van der Waals surface area contributed by atoms with Crippen LogP contribution in [0.3, 0.4) is 0 Å². The fraction of sp³-hybridized carbons (Fsp3) is 0.267. The molecule has 0 saturated heterocycles. The minimum atomic E-state index is 0.420. The second-order valence-electron chi connectivity index (χ2n) is 4.64. The average molecular weight is 256 g/mol. The van der Waals surface area contributed by atoms with Gasteiger partial charge in [-0.3, -0.25) is 0 Å². The molecule has 0 fully saturated rings. The molecule has 0 amide bonds. The van der Waals surface area contributed by atoms with Gasteiger partial charge in [-0.05, 0) is 32.4 Å². The van der Waals surface area contributed by atoms with Gasteiger partial charge in [-0.15, -0.1) is 0 Å². The normalized spacial score (nSPS) is 22.8. The first-order valence-corrected chi connectivity index (χ1v) is 7.04. The van der Waals surface area contributed by atoms with Gasteiger partial charge < -0.3 is 4.90 Å². The molecule has 1 unspecified atom stereocenters. The summed E-state index contributed by atoms with van der Waals surface area (Å²) in [5.74, 6) is 1.11. The van der Waals surface area contributed by atoms with Crippen molar-refractivity contribution in [3.63, 3.8) is 0 Å².